The number of hydrogen-bond donors (Lipinski definition) is 2. The van der Waals surface area contributed by atoms with E-state index in [1.54, 1.807) is 0 Å². The zero-order chi connectivity index (χ0) is 15.5. The van der Waals surface area contributed by atoms with Crippen molar-refractivity contribution < 1.29 is 18.0 Å². The number of amides is 1. The largest absolute Gasteiger partial charge is 0.433 e. The first-order valence-corrected chi connectivity index (χ1v) is 6.95. The average Bonchev–Trinajstić information content (AvgIpc) is 2.90. The molecular weight excluding hydrogens is 303 g/mol. The Bertz CT molecular complexity index is 626. The van der Waals surface area contributed by atoms with Crippen LogP contribution in [0.25, 0.3) is 0 Å². The molecule has 0 aliphatic carbocycles. The number of pyridine rings is 1. The number of primary amides is 1. The summed E-state index contributed by atoms with van der Waals surface area (Å²) in [6, 6.07) is 3.69. The molecule has 0 radical (unpaired) electrons. The second kappa shape index (κ2) is 6.13. The third-order valence-corrected chi connectivity index (χ3v) is 3.47. The van der Waals surface area contributed by atoms with Crippen molar-refractivity contribution in [1.82, 2.24) is 4.98 Å². The number of carbonyl (C=O) groups excluding carboxylic acids is 1. The maximum Gasteiger partial charge on any atom is 0.433 e. The van der Waals surface area contributed by atoms with Gasteiger partial charge in [-0.25, -0.2) is 4.98 Å². The molecule has 0 aliphatic heterocycles. The van der Waals surface area contributed by atoms with Crippen molar-refractivity contribution in [1.29, 1.82) is 0 Å². The van der Waals surface area contributed by atoms with Crippen LogP contribution in [0, 0.1) is 0 Å². The highest BCUT2D eigenvalue weighted by molar-refractivity contribution is 7.07. The van der Waals surface area contributed by atoms with Gasteiger partial charge in [-0.15, -0.1) is 0 Å². The van der Waals surface area contributed by atoms with Crippen molar-refractivity contribution in [2.24, 2.45) is 5.73 Å². The fourth-order valence-corrected chi connectivity index (χ4v) is 2.41. The maximum atomic E-state index is 12.6. The van der Waals surface area contributed by atoms with Crippen LogP contribution in [-0.4, -0.2) is 17.4 Å². The minimum Gasteiger partial charge on any atom is -0.369 e. The molecule has 0 unspecified atom stereocenters. The van der Waals surface area contributed by atoms with Crippen molar-refractivity contribution in [3.8, 4) is 0 Å². The molecule has 0 saturated heterocycles. The molecule has 21 heavy (non-hydrogen) atoms. The fraction of sp³-hybridized carbons (Fsp3) is 0.231. The molecular formula is C13H12F3N3OS. The van der Waals surface area contributed by atoms with Gasteiger partial charge in [0.05, 0.1) is 5.56 Å². The number of halogens is 3. The number of rotatable bonds is 5. The summed E-state index contributed by atoms with van der Waals surface area (Å²) in [5, 5.41) is 6.59. The highest BCUT2D eigenvalue weighted by Gasteiger charge is 2.33. The maximum absolute atomic E-state index is 12.6. The number of hydrogen-bond acceptors (Lipinski definition) is 4. The molecule has 8 heteroatoms. The molecule has 112 valence electrons. The lowest BCUT2D eigenvalue weighted by molar-refractivity contribution is -0.141. The van der Waals surface area contributed by atoms with E-state index in [1.807, 2.05) is 16.8 Å². The summed E-state index contributed by atoms with van der Waals surface area (Å²) in [6.07, 6.45) is -3.96. The number of thiophene rings is 1. The average molecular weight is 315 g/mol. The van der Waals surface area contributed by atoms with E-state index >= 15 is 0 Å². The van der Waals surface area contributed by atoms with Crippen LogP contribution in [0.4, 0.5) is 19.0 Å². The predicted molar refractivity (Wildman–Crippen MR) is 74.3 cm³/mol. The summed E-state index contributed by atoms with van der Waals surface area (Å²) >= 11 is 1.53. The van der Waals surface area contributed by atoms with Crippen molar-refractivity contribution in [2.75, 3.05) is 11.9 Å². The Hall–Kier alpha value is -2.09. The minimum atomic E-state index is -4.57. The normalized spacial score (nSPS) is 11.4. The van der Waals surface area contributed by atoms with Crippen molar-refractivity contribution in [2.45, 2.75) is 12.6 Å². The predicted octanol–water partition coefficient (Wildman–Crippen LogP) is 2.92. The molecule has 2 aromatic rings. The van der Waals surface area contributed by atoms with Crippen LogP contribution in [0.2, 0.25) is 0 Å². The van der Waals surface area contributed by atoms with Crippen LogP contribution in [-0.2, 0) is 12.6 Å². The van der Waals surface area contributed by atoms with E-state index in [9.17, 15) is 18.0 Å². The molecule has 4 nitrogen and oxygen atoms in total. The van der Waals surface area contributed by atoms with Gasteiger partial charge in [0, 0.05) is 6.54 Å². The van der Waals surface area contributed by atoms with Crippen LogP contribution >= 0.6 is 11.3 Å². The SMILES string of the molecule is NC(=O)c1ccc(C(F)(F)F)nc1NCCc1ccsc1. The smallest absolute Gasteiger partial charge is 0.369 e. The summed E-state index contributed by atoms with van der Waals surface area (Å²) in [5.74, 6) is -0.971. The fourth-order valence-electron chi connectivity index (χ4n) is 1.71. The van der Waals surface area contributed by atoms with Crippen molar-refractivity contribution in [3.63, 3.8) is 0 Å². The lowest BCUT2D eigenvalue weighted by Crippen LogP contribution is -2.19. The molecule has 2 heterocycles. The van der Waals surface area contributed by atoms with E-state index in [0.29, 0.717) is 13.0 Å². The molecule has 0 aromatic carbocycles. The Balaban J connectivity index is 2.16. The Morgan fingerprint density at radius 3 is 2.67 bits per heavy atom. The van der Waals surface area contributed by atoms with Crippen LogP contribution in [0.15, 0.2) is 29.0 Å². The Morgan fingerprint density at radius 2 is 2.10 bits per heavy atom. The summed E-state index contributed by atoms with van der Waals surface area (Å²) in [4.78, 5) is 14.7. The van der Waals surface area contributed by atoms with E-state index in [1.165, 1.54) is 11.3 Å². The van der Waals surface area contributed by atoms with Gasteiger partial charge in [-0.2, -0.15) is 24.5 Å². The van der Waals surface area contributed by atoms with E-state index in [4.69, 9.17) is 5.73 Å². The third kappa shape index (κ3) is 3.94. The van der Waals surface area contributed by atoms with Gasteiger partial charge in [0.1, 0.15) is 11.5 Å². The van der Waals surface area contributed by atoms with Gasteiger partial charge in [-0.1, -0.05) is 0 Å². The molecule has 0 bridgehead atoms. The van der Waals surface area contributed by atoms with E-state index in [2.05, 4.69) is 10.3 Å². The van der Waals surface area contributed by atoms with E-state index in [0.717, 1.165) is 17.7 Å². The van der Waals surface area contributed by atoms with Gasteiger partial charge in [0.25, 0.3) is 5.91 Å². The van der Waals surface area contributed by atoms with Crippen LogP contribution in [0.3, 0.4) is 0 Å². The quantitative estimate of drug-likeness (QED) is 0.891. The Morgan fingerprint density at radius 1 is 1.33 bits per heavy atom. The molecule has 2 aromatic heterocycles. The van der Waals surface area contributed by atoms with Crippen molar-refractivity contribution in [3.05, 3.63) is 45.8 Å². The zero-order valence-electron chi connectivity index (χ0n) is 10.8. The molecule has 0 saturated carbocycles. The van der Waals surface area contributed by atoms with E-state index < -0.39 is 17.8 Å². The molecule has 3 N–H and O–H groups in total. The van der Waals surface area contributed by atoms with Gasteiger partial charge in [-0.05, 0) is 40.9 Å². The van der Waals surface area contributed by atoms with Crippen LogP contribution in [0.1, 0.15) is 21.6 Å². The second-order valence-electron chi connectivity index (χ2n) is 4.26. The van der Waals surface area contributed by atoms with Crippen LogP contribution < -0.4 is 11.1 Å². The lowest BCUT2D eigenvalue weighted by atomic mass is 10.2. The highest BCUT2D eigenvalue weighted by atomic mass is 32.1. The Labute approximate surface area is 122 Å². The minimum absolute atomic E-state index is 0.0617. The summed E-state index contributed by atoms with van der Waals surface area (Å²) in [7, 11) is 0. The monoisotopic (exact) mass is 315 g/mol. The zero-order valence-corrected chi connectivity index (χ0v) is 11.6. The summed E-state index contributed by atoms with van der Waals surface area (Å²) < 4.78 is 37.9. The molecule has 2 rings (SSSR count). The number of nitrogens with two attached hydrogens (primary N) is 1. The number of nitrogens with one attached hydrogen (secondary N) is 1. The summed E-state index contributed by atoms with van der Waals surface area (Å²) in [5.41, 5.74) is 5.07. The number of aromatic nitrogens is 1. The molecule has 1 amide bonds. The first-order valence-electron chi connectivity index (χ1n) is 6.01. The van der Waals surface area contributed by atoms with Gasteiger partial charge in [0.15, 0.2) is 0 Å². The van der Waals surface area contributed by atoms with Crippen LogP contribution in [0.5, 0.6) is 0 Å². The van der Waals surface area contributed by atoms with Crippen molar-refractivity contribution >= 4 is 23.1 Å². The Kier molecular flexibility index (Phi) is 4.46. The molecule has 0 fully saturated rings. The first-order chi connectivity index (χ1) is 9.88. The number of anilines is 1. The number of carbonyl (C=O) groups is 1. The standard InChI is InChI=1S/C13H12F3N3OS/c14-13(15,16)10-2-1-9(11(17)20)12(19-10)18-5-3-8-4-6-21-7-8/h1-2,4,6-7H,3,5H2,(H2,17,20)(H,18,19). The van der Waals surface area contributed by atoms with E-state index in [-0.39, 0.29) is 11.4 Å². The summed E-state index contributed by atoms with van der Waals surface area (Å²) in [6.45, 7) is 0.353. The first kappa shape index (κ1) is 15.3. The van der Waals surface area contributed by atoms with Gasteiger partial charge in [-0.3, -0.25) is 4.79 Å². The highest BCUT2D eigenvalue weighted by Crippen LogP contribution is 2.29. The lowest BCUT2D eigenvalue weighted by Gasteiger charge is -2.12. The molecule has 0 spiro atoms. The number of alkyl halides is 3. The third-order valence-electron chi connectivity index (χ3n) is 2.74. The number of nitrogens with zero attached hydrogens (tertiary/aromatic N) is 1. The molecule has 0 atom stereocenters. The van der Waals surface area contributed by atoms with Gasteiger partial charge in [0.2, 0.25) is 0 Å². The van der Waals surface area contributed by atoms with Gasteiger partial charge < -0.3 is 11.1 Å². The molecule has 0 aliphatic rings. The second-order valence-corrected chi connectivity index (χ2v) is 5.04. The van der Waals surface area contributed by atoms with Gasteiger partial charge >= 0.3 is 6.18 Å². The topological polar surface area (TPSA) is 68.0 Å².